The first-order valence-electron chi connectivity index (χ1n) is 10.7. The van der Waals surface area contributed by atoms with E-state index >= 15 is 0 Å². The first kappa shape index (κ1) is 21.0. The molecule has 0 unspecified atom stereocenters. The Labute approximate surface area is 181 Å². The standard InChI is InChI=1S/C24H27N5O2/c1-2-29(23(30)22-27-20-12-6-10-18(15-25)21(20)28-22)19-11-7-13-24(31,14-19)26-16-17-8-4-3-5-9-17/h3-6,8-10,12,19,26,31H,2,7,11,13-14,16H2,1H3,(H,27,28)/t19-,24-/m0/s1. The van der Waals surface area contributed by atoms with Crippen LogP contribution in [0.2, 0.25) is 0 Å². The Bertz CT molecular complexity index is 1100. The molecule has 3 N–H and O–H groups in total. The molecule has 1 aliphatic rings. The number of benzene rings is 2. The van der Waals surface area contributed by atoms with E-state index in [2.05, 4.69) is 21.4 Å². The molecule has 1 aromatic heterocycles. The van der Waals surface area contributed by atoms with Gasteiger partial charge >= 0.3 is 0 Å². The summed E-state index contributed by atoms with van der Waals surface area (Å²) in [5.74, 6) is 0.0193. The zero-order valence-electron chi connectivity index (χ0n) is 17.6. The van der Waals surface area contributed by atoms with Crippen LogP contribution in [0.15, 0.2) is 48.5 Å². The first-order chi connectivity index (χ1) is 15.0. The number of aromatic amines is 1. The van der Waals surface area contributed by atoms with Crippen LogP contribution in [0.5, 0.6) is 0 Å². The van der Waals surface area contributed by atoms with Crippen molar-refractivity contribution in [2.75, 3.05) is 6.54 Å². The van der Waals surface area contributed by atoms with Crippen LogP contribution in [-0.4, -0.2) is 44.2 Å². The second kappa shape index (κ2) is 8.88. The Morgan fingerprint density at radius 3 is 2.87 bits per heavy atom. The minimum absolute atomic E-state index is 0.0943. The van der Waals surface area contributed by atoms with Crippen molar-refractivity contribution in [3.8, 4) is 6.07 Å². The SMILES string of the molecule is CCN(C(=O)c1nc2c(C#N)cccc2[nH]1)[C@H]1CCC[C@@](O)(NCc2ccccc2)C1. The minimum Gasteiger partial charge on any atom is -0.376 e. The first-order valence-corrected chi connectivity index (χ1v) is 10.7. The summed E-state index contributed by atoms with van der Waals surface area (Å²) in [6.07, 6.45) is 2.77. The maximum Gasteiger partial charge on any atom is 0.289 e. The van der Waals surface area contributed by atoms with Gasteiger partial charge in [0.25, 0.3) is 5.91 Å². The summed E-state index contributed by atoms with van der Waals surface area (Å²) < 4.78 is 0. The Balaban J connectivity index is 1.50. The lowest BCUT2D eigenvalue weighted by Gasteiger charge is -2.42. The third kappa shape index (κ3) is 4.46. The van der Waals surface area contributed by atoms with Crippen LogP contribution < -0.4 is 5.32 Å². The van der Waals surface area contributed by atoms with E-state index in [1.165, 1.54) is 0 Å². The summed E-state index contributed by atoms with van der Waals surface area (Å²) in [4.78, 5) is 22.5. The van der Waals surface area contributed by atoms with Crippen LogP contribution in [0.3, 0.4) is 0 Å². The number of aromatic nitrogens is 2. The molecular weight excluding hydrogens is 390 g/mol. The number of nitriles is 1. The van der Waals surface area contributed by atoms with Crippen molar-refractivity contribution in [2.24, 2.45) is 0 Å². The van der Waals surface area contributed by atoms with Gasteiger partial charge in [-0.15, -0.1) is 0 Å². The summed E-state index contributed by atoms with van der Waals surface area (Å²) >= 11 is 0. The van der Waals surface area contributed by atoms with Gasteiger partial charge in [-0.3, -0.25) is 10.1 Å². The predicted octanol–water partition coefficient (Wildman–Crippen LogP) is 3.32. The molecule has 0 spiro atoms. The molecule has 2 atom stereocenters. The third-order valence-electron chi connectivity index (χ3n) is 6.04. The van der Waals surface area contributed by atoms with E-state index < -0.39 is 5.72 Å². The highest BCUT2D eigenvalue weighted by molar-refractivity contribution is 5.95. The molecule has 1 saturated carbocycles. The molecule has 160 valence electrons. The predicted molar refractivity (Wildman–Crippen MR) is 118 cm³/mol. The average molecular weight is 418 g/mol. The Morgan fingerprint density at radius 1 is 1.32 bits per heavy atom. The number of nitrogens with zero attached hydrogens (tertiary/aromatic N) is 3. The number of amides is 1. The lowest BCUT2D eigenvalue weighted by Crippen LogP contribution is -2.54. The van der Waals surface area contributed by atoms with Gasteiger partial charge in [0.2, 0.25) is 0 Å². The van der Waals surface area contributed by atoms with Gasteiger partial charge in [-0.25, -0.2) is 4.98 Å². The van der Waals surface area contributed by atoms with Gasteiger partial charge in [0.05, 0.1) is 11.1 Å². The van der Waals surface area contributed by atoms with Gasteiger partial charge in [0, 0.05) is 25.6 Å². The van der Waals surface area contributed by atoms with Gasteiger partial charge in [-0.05, 0) is 43.9 Å². The molecule has 3 aromatic rings. The molecule has 7 heteroatoms. The number of para-hydroxylation sites is 1. The van der Waals surface area contributed by atoms with Crippen LogP contribution in [0, 0.1) is 11.3 Å². The Hall–Kier alpha value is -3.21. The summed E-state index contributed by atoms with van der Waals surface area (Å²) in [6, 6.07) is 17.3. The van der Waals surface area contributed by atoms with Crippen LogP contribution in [0.25, 0.3) is 11.0 Å². The van der Waals surface area contributed by atoms with E-state index in [0.29, 0.717) is 42.5 Å². The maximum absolute atomic E-state index is 13.3. The highest BCUT2D eigenvalue weighted by atomic mass is 16.3. The molecule has 7 nitrogen and oxygen atoms in total. The molecule has 31 heavy (non-hydrogen) atoms. The number of hydrogen-bond acceptors (Lipinski definition) is 5. The van der Waals surface area contributed by atoms with E-state index in [1.54, 1.807) is 17.0 Å². The Kier molecular flexibility index (Phi) is 6.03. The topological polar surface area (TPSA) is 105 Å². The second-order valence-corrected chi connectivity index (χ2v) is 8.11. The number of carbonyl (C=O) groups excluding carboxylic acids is 1. The summed E-state index contributed by atoms with van der Waals surface area (Å²) in [5, 5.41) is 23.8. The second-order valence-electron chi connectivity index (χ2n) is 8.11. The van der Waals surface area contributed by atoms with Crippen LogP contribution in [-0.2, 0) is 6.54 Å². The molecule has 1 heterocycles. The van der Waals surface area contributed by atoms with E-state index in [4.69, 9.17) is 0 Å². The third-order valence-corrected chi connectivity index (χ3v) is 6.04. The molecule has 1 aliphatic carbocycles. The number of hydrogen-bond donors (Lipinski definition) is 3. The minimum atomic E-state index is -1.02. The van der Waals surface area contributed by atoms with Crippen molar-refractivity contribution in [1.29, 1.82) is 5.26 Å². The fourth-order valence-corrected chi connectivity index (χ4v) is 4.44. The monoisotopic (exact) mass is 417 g/mol. The van der Waals surface area contributed by atoms with Crippen molar-refractivity contribution in [1.82, 2.24) is 20.2 Å². The molecule has 0 bridgehead atoms. The van der Waals surface area contributed by atoms with Crippen molar-refractivity contribution < 1.29 is 9.90 Å². The highest BCUT2D eigenvalue weighted by Gasteiger charge is 2.38. The lowest BCUT2D eigenvalue weighted by atomic mass is 9.86. The van der Waals surface area contributed by atoms with Crippen LogP contribution in [0.1, 0.15) is 54.4 Å². The van der Waals surface area contributed by atoms with Gasteiger partial charge < -0.3 is 15.0 Å². The van der Waals surface area contributed by atoms with E-state index in [0.717, 1.165) is 18.4 Å². The largest absolute Gasteiger partial charge is 0.376 e. The normalized spacial score (nSPS) is 21.0. The van der Waals surface area contributed by atoms with E-state index in [-0.39, 0.29) is 17.8 Å². The zero-order chi connectivity index (χ0) is 21.8. The fraction of sp³-hybridized carbons (Fsp3) is 0.375. The number of carbonyl (C=O) groups is 1. The van der Waals surface area contributed by atoms with Crippen molar-refractivity contribution >= 4 is 16.9 Å². The summed E-state index contributed by atoms with van der Waals surface area (Å²) in [5.41, 5.74) is 1.70. The number of fused-ring (bicyclic) bond motifs is 1. The molecule has 1 fully saturated rings. The number of imidazole rings is 1. The number of rotatable bonds is 6. The number of H-pyrrole nitrogens is 1. The smallest absolute Gasteiger partial charge is 0.289 e. The molecule has 2 aromatic carbocycles. The Morgan fingerprint density at radius 2 is 2.13 bits per heavy atom. The van der Waals surface area contributed by atoms with E-state index in [9.17, 15) is 15.2 Å². The molecule has 1 amide bonds. The van der Waals surface area contributed by atoms with Crippen LogP contribution in [0.4, 0.5) is 0 Å². The lowest BCUT2D eigenvalue weighted by molar-refractivity contribution is -0.0536. The quantitative estimate of drug-likeness (QED) is 0.534. The molecule has 4 rings (SSSR count). The highest BCUT2D eigenvalue weighted by Crippen LogP contribution is 2.30. The van der Waals surface area contributed by atoms with Crippen LogP contribution >= 0.6 is 0 Å². The van der Waals surface area contributed by atoms with Gasteiger partial charge in [-0.2, -0.15) is 5.26 Å². The van der Waals surface area contributed by atoms with Gasteiger partial charge in [0.1, 0.15) is 17.3 Å². The van der Waals surface area contributed by atoms with E-state index in [1.807, 2.05) is 43.3 Å². The van der Waals surface area contributed by atoms with Crippen molar-refractivity contribution in [3.63, 3.8) is 0 Å². The molecular formula is C24H27N5O2. The average Bonchev–Trinajstić information content (AvgIpc) is 3.24. The maximum atomic E-state index is 13.3. The van der Waals surface area contributed by atoms with Gasteiger partial charge in [0.15, 0.2) is 5.82 Å². The molecule has 0 saturated heterocycles. The molecule has 0 aliphatic heterocycles. The number of aliphatic hydroxyl groups is 1. The zero-order valence-corrected chi connectivity index (χ0v) is 17.6. The van der Waals surface area contributed by atoms with Crippen molar-refractivity contribution in [2.45, 2.75) is 50.9 Å². The summed E-state index contributed by atoms with van der Waals surface area (Å²) in [7, 11) is 0. The van der Waals surface area contributed by atoms with Crippen molar-refractivity contribution in [3.05, 3.63) is 65.5 Å². The molecule has 0 radical (unpaired) electrons. The van der Waals surface area contributed by atoms with Gasteiger partial charge in [-0.1, -0.05) is 36.4 Å². The summed E-state index contributed by atoms with van der Waals surface area (Å²) in [6.45, 7) is 3.03. The number of nitrogens with one attached hydrogen (secondary N) is 2. The fourth-order valence-electron chi connectivity index (χ4n) is 4.44.